The summed E-state index contributed by atoms with van der Waals surface area (Å²) in [5.74, 6) is -8.06. The standard InChI is InChI=1S/C32H20F9NO2.C28H26F5NO2S.C8H3ClF4O/c33-24-13-23(14-25(15-24)44-32(40,41)29(35)36)30(16-19-4-2-1-3-5-19,22-9-6-20(18-42)7-10-22)17-28(43)21-8-11-27(34)26(12-21)31(37,38)39;1-26(2,3)37(35)18-27(16-19-7-5-4-6-8-19,21-11-9-20(17-34)10-12-21)22-13-23(29)15-24(14-22)36-28(32,33)25(30)31;9-7(14)4-1-2-6(10)5(3-4)8(11,12)13/h1-15,29H,16-17H2;4-15,25H,16,18H2,1-3H3;1-3H/t30-;27-,37?;/m11./s1. The average Bonchev–Trinajstić information content (AvgIpc) is 0.763. The van der Waals surface area contributed by atoms with Gasteiger partial charge in [0.25, 0.3) is 5.24 Å². The van der Waals surface area contributed by atoms with Crippen LogP contribution in [-0.2, 0) is 46.8 Å². The lowest BCUT2D eigenvalue weighted by Gasteiger charge is -2.37. The molecule has 0 amide bonds. The first-order valence-corrected chi connectivity index (χ1v) is 29.2. The van der Waals surface area contributed by atoms with Crippen LogP contribution in [0, 0.1) is 45.9 Å². The van der Waals surface area contributed by atoms with Crippen LogP contribution in [0.15, 0.2) is 182 Å². The fourth-order valence-electron chi connectivity index (χ4n) is 9.64. The summed E-state index contributed by atoms with van der Waals surface area (Å²) in [4.78, 5) is 24.2. The number of halogens is 19. The summed E-state index contributed by atoms with van der Waals surface area (Å²) in [6, 6.07) is 41.3. The average molecular weight is 1380 g/mol. The van der Waals surface area contributed by atoms with Crippen molar-refractivity contribution in [3.8, 4) is 23.6 Å². The second kappa shape index (κ2) is 30.5. The number of rotatable bonds is 20. The molecule has 3 atom stereocenters. The molecule has 27 heteroatoms. The molecule has 0 aliphatic heterocycles. The number of benzene rings is 8. The second-order valence-electron chi connectivity index (χ2n) is 22.0. The summed E-state index contributed by atoms with van der Waals surface area (Å²) in [5, 5.41) is 17.5. The Morgan fingerprint density at radius 2 is 0.853 bits per heavy atom. The molecule has 0 aliphatic rings. The van der Waals surface area contributed by atoms with Crippen LogP contribution in [-0.4, -0.2) is 50.8 Å². The third kappa shape index (κ3) is 19.5. The number of hydrogen-bond donors (Lipinski definition) is 0. The van der Waals surface area contributed by atoms with E-state index in [1.54, 1.807) is 93.6 Å². The molecule has 8 rings (SSSR count). The zero-order valence-corrected chi connectivity index (χ0v) is 50.9. The van der Waals surface area contributed by atoms with Crippen molar-refractivity contribution < 1.29 is 102 Å². The SMILES string of the molecule is CC(C)(C)S(=O)C[C@](Cc1ccccc1)(c1ccc(C#N)cc1)c1cc(F)cc(OC(F)(F)C(F)F)c1.N#Cc1ccc([C@](CC(=O)c2ccc(F)c(C(F)(F)F)c2)(Cc2ccccc2)c2cc(F)cc(OC(F)(F)C(F)F)c2)cc1.O=C(Cl)c1ccc(F)c(C(F)(F)F)c1. The van der Waals surface area contributed by atoms with E-state index in [1.807, 2.05) is 24.3 Å². The Balaban J connectivity index is 0.000000252. The summed E-state index contributed by atoms with van der Waals surface area (Å²) in [6.07, 6.45) is -29.0. The smallest absolute Gasteiger partial charge is 0.428 e. The van der Waals surface area contributed by atoms with Gasteiger partial charge in [-0.05, 0) is 164 Å². The van der Waals surface area contributed by atoms with E-state index in [0.29, 0.717) is 53.1 Å². The summed E-state index contributed by atoms with van der Waals surface area (Å²) >= 11 is 4.95. The molecule has 8 aromatic carbocycles. The number of ether oxygens (including phenoxy) is 2. The molecule has 0 aromatic heterocycles. The van der Waals surface area contributed by atoms with Crippen molar-refractivity contribution in [2.75, 3.05) is 5.75 Å². The maximum Gasteiger partial charge on any atom is 0.461 e. The number of nitriles is 2. The molecule has 0 saturated carbocycles. The minimum Gasteiger partial charge on any atom is -0.428 e. The molecule has 0 N–H and O–H groups in total. The van der Waals surface area contributed by atoms with Crippen LogP contribution in [0.4, 0.5) is 79.0 Å². The van der Waals surface area contributed by atoms with Gasteiger partial charge in [-0.3, -0.25) is 13.8 Å². The Hall–Kier alpha value is -9.14. The predicted molar refractivity (Wildman–Crippen MR) is 315 cm³/mol. The number of carbonyl (C=O) groups excluding carboxylic acids is 2. The van der Waals surface area contributed by atoms with Gasteiger partial charge in [0.15, 0.2) is 5.78 Å². The van der Waals surface area contributed by atoms with Gasteiger partial charge in [-0.2, -0.15) is 72.0 Å². The third-order valence-electron chi connectivity index (χ3n) is 14.3. The fraction of sp³-hybridized carbons (Fsp3) is 0.235. The topological polar surface area (TPSA) is 117 Å². The molecule has 500 valence electrons. The Labute approximate surface area is 538 Å². The van der Waals surface area contributed by atoms with Crippen molar-refractivity contribution in [3.63, 3.8) is 0 Å². The molecule has 7 nitrogen and oxygen atoms in total. The van der Waals surface area contributed by atoms with Crippen LogP contribution in [0.5, 0.6) is 11.5 Å². The quantitative estimate of drug-likeness (QED) is 0.0424. The van der Waals surface area contributed by atoms with Gasteiger partial charge >= 0.3 is 37.4 Å². The van der Waals surface area contributed by atoms with Gasteiger partial charge < -0.3 is 9.47 Å². The van der Waals surface area contributed by atoms with Gasteiger partial charge in [-0.25, -0.2) is 17.6 Å². The van der Waals surface area contributed by atoms with Crippen molar-refractivity contribution in [2.45, 2.75) is 93.0 Å². The number of alkyl halides is 14. The van der Waals surface area contributed by atoms with Gasteiger partial charge in [0, 0.05) is 61.8 Å². The Bertz CT molecular complexity index is 4100. The number of Topliss-reactive ketones (excluding diaryl/α,β-unsaturated/α-hetero) is 1. The number of ketones is 1. The van der Waals surface area contributed by atoms with E-state index in [1.165, 1.54) is 24.3 Å². The summed E-state index contributed by atoms with van der Waals surface area (Å²) < 4.78 is 261. The van der Waals surface area contributed by atoms with E-state index in [2.05, 4.69) is 9.47 Å². The van der Waals surface area contributed by atoms with Gasteiger partial charge in [0.2, 0.25) is 0 Å². The summed E-state index contributed by atoms with van der Waals surface area (Å²) in [5.41, 5.74) is -4.71. The molecule has 0 fully saturated rings. The molecule has 0 radical (unpaired) electrons. The van der Waals surface area contributed by atoms with E-state index in [9.17, 15) is 103 Å². The monoisotopic (exact) mass is 1380 g/mol. The largest absolute Gasteiger partial charge is 0.461 e. The Kier molecular flexibility index (Phi) is 24.1. The lowest BCUT2D eigenvalue weighted by molar-refractivity contribution is -0.253. The molecule has 0 heterocycles. The number of carbonyl (C=O) groups is 2. The molecule has 0 bridgehead atoms. The van der Waals surface area contributed by atoms with Crippen LogP contribution < -0.4 is 9.47 Å². The van der Waals surface area contributed by atoms with Crippen molar-refractivity contribution in [1.29, 1.82) is 10.5 Å². The molecule has 1 unspecified atom stereocenters. The first-order chi connectivity index (χ1) is 44.2. The minimum absolute atomic E-state index is 0.0502. The van der Waals surface area contributed by atoms with Crippen molar-refractivity contribution in [3.05, 3.63) is 272 Å². The molecular weight excluding hydrogens is 1330 g/mol. The van der Waals surface area contributed by atoms with Gasteiger partial charge in [0.05, 0.1) is 34.4 Å². The number of hydrogen-bond acceptors (Lipinski definition) is 7. The van der Waals surface area contributed by atoms with Crippen molar-refractivity contribution in [2.24, 2.45) is 0 Å². The minimum atomic E-state index is -5.14. The highest BCUT2D eigenvalue weighted by Crippen LogP contribution is 2.45. The predicted octanol–water partition coefficient (Wildman–Crippen LogP) is 19.1. The highest BCUT2D eigenvalue weighted by atomic mass is 35.5. The molecule has 8 aromatic rings. The highest BCUT2D eigenvalue weighted by molar-refractivity contribution is 7.86. The highest BCUT2D eigenvalue weighted by Gasteiger charge is 2.47. The van der Waals surface area contributed by atoms with Crippen molar-refractivity contribution >= 4 is 33.4 Å². The zero-order valence-electron chi connectivity index (χ0n) is 49.3. The maximum atomic E-state index is 15.0. The Morgan fingerprint density at radius 3 is 1.22 bits per heavy atom. The van der Waals surface area contributed by atoms with Crippen LogP contribution in [0.3, 0.4) is 0 Å². The molecular formula is C68H49ClF18N2O5S. The third-order valence-corrected chi connectivity index (χ3v) is 16.6. The van der Waals surface area contributed by atoms with E-state index in [-0.39, 0.29) is 46.4 Å². The second-order valence-corrected chi connectivity index (χ2v) is 24.6. The van der Waals surface area contributed by atoms with Gasteiger partial charge in [0.1, 0.15) is 34.8 Å². The summed E-state index contributed by atoms with van der Waals surface area (Å²) in [6.45, 7) is 5.33. The van der Waals surface area contributed by atoms with E-state index >= 15 is 0 Å². The molecule has 0 spiro atoms. The van der Waals surface area contributed by atoms with Crippen LogP contribution >= 0.6 is 11.6 Å². The first kappa shape index (κ1) is 74.9. The van der Waals surface area contributed by atoms with Crippen molar-refractivity contribution in [1.82, 2.24) is 0 Å². The van der Waals surface area contributed by atoms with E-state index < -0.39 is 133 Å². The van der Waals surface area contributed by atoms with Gasteiger partial charge in [-0.15, -0.1) is 0 Å². The normalized spacial score (nSPS) is 13.5. The zero-order chi connectivity index (χ0) is 70.6. The van der Waals surface area contributed by atoms with Crippen LogP contribution in [0.2, 0.25) is 0 Å². The lowest BCUT2D eigenvalue weighted by atomic mass is 9.66. The molecule has 0 saturated heterocycles. The van der Waals surface area contributed by atoms with Crippen LogP contribution in [0.25, 0.3) is 0 Å². The summed E-state index contributed by atoms with van der Waals surface area (Å²) in [7, 11) is -1.52. The van der Waals surface area contributed by atoms with Crippen LogP contribution in [0.1, 0.15) is 104 Å². The number of nitrogens with zero attached hydrogens (tertiary/aromatic N) is 2. The van der Waals surface area contributed by atoms with E-state index in [4.69, 9.17) is 11.6 Å². The molecule has 0 aliphatic carbocycles. The van der Waals surface area contributed by atoms with Gasteiger partial charge in [-0.1, -0.05) is 84.9 Å². The van der Waals surface area contributed by atoms with E-state index in [0.717, 1.165) is 42.0 Å². The fourth-order valence-corrected chi connectivity index (χ4v) is 11.1. The lowest BCUT2D eigenvalue weighted by Crippen LogP contribution is -2.41. The first-order valence-electron chi connectivity index (χ1n) is 27.5. The Morgan fingerprint density at radius 1 is 0.484 bits per heavy atom. The molecule has 95 heavy (non-hydrogen) atoms. The maximum absolute atomic E-state index is 15.0.